The zero-order chi connectivity index (χ0) is 13.9. The van der Waals surface area contributed by atoms with E-state index in [0.29, 0.717) is 12.4 Å². The van der Waals surface area contributed by atoms with Crippen molar-refractivity contribution in [1.82, 2.24) is 20.4 Å². The lowest BCUT2D eigenvalue weighted by atomic mass is 10.2. The van der Waals surface area contributed by atoms with Crippen molar-refractivity contribution in [3.05, 3.63) is 35.7 Å². The van der Waals surface area contributed by atoms with E-state index in [-0.39, 0.29) is 11.5 Å². The van der Waals surface area contributed by atoms with E-state index in [2.05, 4.69) is 20.4 Å². The van der Waals surface area contributed by atoms with E-state index in [4.69, 9.17) is 4.52 Å². The van der Waals surface area contributed by atoms with Crippen molar-refractivity contribution >= 4 is 0 Å². The van der Waals surface area contributed by atoms with Crippen LogP contribution in [0.25, 0.3) is 11.5 Å². The molecule has 5 nitrogen and oxygen atoms in total. The topological polar surface area (TPSA) is 54.2 Å². The largest absolute Gasteiger partial charge is 0.334 e. The average Bonchev–Trinajstić information content (AvgIpc) is 2.91. The number of hydrogen-bond donors (Lipinski definition) is 1. The molecule has 1 fully saturated rings. The van der Waals surface area contributed by atoms with Gasteiger partial charge in [-0.3, -0.25) is 4.90 Å². The van der Waals surface area contributed by atoms with Crippen molar-refractivity contribution in [2.24, 2.45) is 0 Å². The van der Waals surface area contributed by atoms with Crippen LogP contribution in [0.3, 0.4) is 0 Å². The Morgan fingerprint density at radius 1 is 1.25 bits per heavy atom. The second kappa shape index (κ2) is 5.64. The molecule has 20 heavy (non-hydrogen) atoms. The summed E-state index contributed by atoms with van der Waals surface area (Å²) < 4.78 is 31.8. The highest BCUT2D eigenvalue weighted by Gasteiger charge is 2.17. The number of aromatic nitrogens is 2. The maximum Gasteiger partial charge on any atom is 0.261 e. The highest BCUT2D eigenvalue weighted by Crippen LogP contribution is 2.22. The number of halogens is 2. The lowest BCUT2D eigenvalue weighted by molar-refractivity contribution is 0.225. The number of rotatable bonds is 3. The van der Waals surface area contributed by atoms with Crippen LogP contribution in [-0.2, 0) is 6.54 Å². The molecule has 0 atom stereocenters. The molecule has 1 saturated heterocycles. The first-order chi connectivity index (χ1) is 9.72. The van der Waals surface area contributed by atoms with Crippen LogP contribution < -0.4 is 5.32 Å². The van der Waals surface area contributed by atoms with Crippen molar-refractivity contribution in [2.75, 3.05) is 26.2 Å². The summed E-state index contributed by atoms with van der Waals surface area (Å²) in [6.07, 6.45) is 0. The summed E-state index contributed by atoms with van der Waals surface area (Å²) in [6.45, 7) is 4.19. The number of piperazine rings is 1. The van der Waals surface area contributed by atoms with Crippen LogP contribution in [0, 0.1) is 11.6 Å². The second-order valence-corrected chi connectivity index (χ2v) is 4.67. The van der Waals surface area contributed by atoms with Gasteiger partial charge in [0, 0.05) is 26.2 Å². The molecule has 0 aliphatic carbocycles. The maximum absolute atomic E-state index is 13.6. The van der Waals surface area contributed by atoms with Crippen molar-refractivity contribution in [2.45, 2.75) is 6.54 Å². The lowest BCUT2D eigenvalue weighted by Gasteiger charge is -2.25. The van der Waals surface area contributed by atoms with Gasteiger partial charge >= 0.3 is 0 Å². The maximum atomic E-state index is 13.6. The fraction of sp³-hybridized carbons (Fsp3) is 0.385. The van der Waals surface area contributed by atoms with E-state index in [0.717, 1.165) is 44.4 Å². The molecular weight excluding hydrogens is 266 g/mol. The molecule has 106 valence electrons. The Balaban J connectivity index is 1.77. The smallest absolute Gasteiger partial charge is 0.261 e. The molecule has 0 spiro atoms. The van der Waals surface area contributed by atoms with Crippen LogP contribution in [-0.4, -0.2) is 41.2 Å². The lowest BCUT2D eigenvalue weighted by Crippen LogP contribution is -2.43. The summed E-state index contributed by atoms with van der Waals surface area (Å²) in [5, 5.41) is 7.07. The molecule has 0 bridgehead atoms. The summed E-state index contributed by atoms with van der Waals surface area (Å²) in [5.74, 6) is -0.635. The van der Waals surface area contributed by atoms with Gasteiger partial charge in [-0.1, -0.05) is 5.16 Å². The predicted molar refractivity (Wildman–Crippen MR) is 67.8 cm³/mol. The Bertz CT molecular complexity index is 596. The van der Waals surface area contributed by atoms with Gasteiger partial charge in [0.15, 0.2) is 5.82 Å². The molecule has 2 heterocycles. The van der Waals surface area contributed by atoms with Gasteiger partial charge in [-0.25, -0.2) is 8.78 Å². The van der Waals surface area contributed by atoms with Crippen LogP contribution >= 0.6 is 0 Å². The minimum Gasteiger partial charge on any atom is -0.334 e. The minimum absolute atomic E-state index is 0.00661. The monoisotopic (exact) mass is 280 g/mol. The summed E-state index contributed by atoms with van der Waals surface area (Å²) in [7, 11) is 0. The fourth-order valence-electron chi connectivity index (χ4n) is 2.16. The highest BCUT2D eigenvalue weighted by atomic mass is 19.1. The predicted octanol–water partition coefficient (Wildman–Crippen LogP) is 1.42. The first-order valence-electron chi connectivity index (χ1n) is 6.43. The first kappa shape index (κ1) is 13.1. The average molecular weight is 280 g/mol. The quantitative estimate of drug-likeness (QED) is 0.921. The zero-order valence-electron chi connectivity index (χ0n) is 10.8. The molecule has 3 rings (SSSR count). The van der Waals surface area contributed by atoms with Crippen molar-refractivity contribution < 1.29 is 13.3 Å². The van der Waals surface area contributed by atoms with Crippen LogP contribution in [0.5, 0.6) is 0 Å². The third kappa shape index (κ3) is 2.83. The minimum atomic E-state index is -0.580. The van der Waals surface area contributed by atoms with Gasteiger partial charge in [-0.2, -0.15) is 4.98 Å². The molecule has 1 aromatic heterocycles. The van der Waals surface area contributed by atoms with E-state index in [1.807, 2.05) is 0 Å². The molecule has 2 aromatic rings. The molecule has 1 aliphatic rings. The zero-order valence-corrected chi connectivity index (χ0v) is 10.8. The van der Waals surface area contributed by atoms with Crippen LogP contribution in [0.15, 0.2) is 22.7 Å². The molecule has 0 unspecified atom stereocenters. The van der Waals surface area contributed by atoms with Gasteiger partial charge in [0.05, 0.1) is 12.1 Å². The summed E-state index contributed by atoms with van der Waals surface area (Å²) >= 11 is 0. The second-order valence-electron chi connectivity index (χ2n) is 4.67. The van der Waals surface area contributed by atoms with E-state index in [9.17, 15) is 8.78 Å². The highest BCUT2D eigenvalue weighted by molar-refractivity contribution is 5.53. The Morgan fingerprint density at radius 2 is 2.05 bits per heavy atom. The van der Waals surface area contributed by atoms with Gasteiger partial charge in [0.1, 0.15) is 11.6 Å². The first-order valence-corrected chi connectivity index (χ1v) is 6.43. The molecule has 1 aliphatic heterocycles. The van der Waals surface area contributed by atoms with E-state index in [1.165, 1.54) is 0 Å². The Kier molecular flexibility index (Phi) is 3.70. The fourth-order valence-corrected chi connectivity index (χ4v) is 2.16. The van der Waals surface area contributed by atoms with Gasteiger partial charge in [0.2, 0.25) is 0 Å². The van der Waals surface area contributed by atoms with Gasteiger partial charge in [0.25, 0.3) is 5.89 Å². The van der Waals surface area contributed by atoms with Crippen LogP contribution in [0.2, 0.25) is 0 Å². The summed E-state index contributed by atoms with van der Waals surface area (Å²) in [5.41, 5.74) is -0.0101. The van der Waals surface area contributed by atoms with Gasteiger partial charge < -0.3 is 9.84 Å². The molecule has 0 amide bonds. The molecular formula is C13H14F2N4O. The SMILES string of the molecule is Fc1ccc(F)c(-c2nc(CN3CCNCC3)no2)c1. The third-order valence-corrected chi connectivity index (χ3v) is 3.20. The summed E-state index contributed by atoms with van der Waals surface area (Å²) in [6, 6.07) is 3.15. The van der Waals surface area contributed by atoms with Crippen molar-refractivity contribution in [3.8, 4) is 11.5 Å². The molecule has 7 heteroatoms. The van der Waals surface area contributed by atoms with Crippen molar-refractivity contribution in [1.29, 1.82) is 0 Å². The number of hydrogen-bond acceptors (Lipinski definition) is 5. The Morgan fingerprint density at radius 3 is 2.85 bits per heavy atom. The Labute approximate surface area is 114 Å². The number of nitrogens with one attached hydrogen (secondary N) is 1. The summed E-state index contributed by atoms with van der Waals surface area (Å²) in [4.78, 5) is 6.30. The molecule has 1 N–H and O–H groups in total. The van der Waals surface area contributed by atoms with Gasteiger partial charge in [-0.05, 0) is 18.2 Å². The normalized spacial score (nSPS) is 16.5. The van der Waals surface area contributed by atoms with Gasteiger partial charge in [-0.15, -0.1) is 0 Å². The Hall–Kier alpha value is -1.86. The molecule has 0 saturated carbocycles. The van der Waals surface area contributed by atoms with Crippen LogP contribution in [0.1, 0.15) is 5.82 Å². The van der Waals surface area contributed by atoms with E-state index < -0.39 is 11.6 Å². The molecule has 0 radical (unpaired) electrons. The van der Waals surface area contributed by atoms with Crippen molar-refractivity contribution in [3.63, 3.8) is 0 Å². The van der Waals surface area contributed by atoms with E-state index >= 15 is 0 Å². The number of nitrogens with zero attached hydrogens (tertiary/aromatic N) is 3. The van der Waals surface area contributed by atoms with E-state index in [1.54, 1.807) is 0 Å². The van der Waals surface area contributed by atoms with Crippen LogP contribution in [0.4, 0.5) is 8.78 Å². The standard InChI is InChI=1S/C13H14F2N4O/c14-9-1-2-11(15)10(7-9)13-17-12(18-20-13)8-19-5-3-16-4-6-19/h1-2,7,16H,3-6,8H2. The third-order valence-electron chi connectivity index (χ3n) is 3.20. The molecule has 1 aromatic carbocycles. The number of benzene rings is 1.